The molecule has 2 N–H and O–H groups in total. The van der Waals surface area contributed by atoms with Crippen LogP contribution in [-0.4, -0.2) is 29.6 Å². The molecule has 1 aliphatic rings. The first-order chi connectivity index (χ1) is 7.64. The van der Waals surface area contributed by atoms with Gasteiger partial charge in [0.25, 0.3) is 0 Å². The summed E-state index contributed by atoms with van der Waals surface area (Å²) in [5.41, 5.74) is 6.28. The van der Waals surface area contributed by atoms with Gasteiger partial charge in [-0.05, 0) is 39.7 Å². The standard InChI is InChI=1S/C14H30N2/c1-4-5-6-7-10-14(3,12-15)16-11-8-9-13(16)2/h13H,4-12,15H2,1-3H3. The Hall–Kier alpha value is -0.0800. The number of hydrogen-bond acceptors (Lipinski definition) is 2. The van der Waals surface area contributed by atoms with Crippen LogP contribution in [-0.2, 0) is 0 Å². The van der Waals surface area contributed by atoms with Gasteiger partial charge in [-0.3, -0.25) is 4.90 Å². The number of unbranched alkanes of at least 4 members (excludes halogenated alkanes) is 3. The molecule has 0 aromatic carbocycles. The van der Waals surface area contributed by atoms with Gasteiger partial charge in [-0.15, -0.1) is 0 Å². The van der Waals surface area contributed by atoms with Crippen LogP contribution in [0.2, 0.25) is 0 Å². The quantitative estimate of drug-likeness (QED) is 0.676. The molecular weight excluding hydrogens is 196 g/mol. The van der Waals surface area contributed by atoms with Gasteiger partial charge in [-0.25, -0.2) is 0 Å². The Bertz CT molecular complexity index is 193. The molecule has 16 heavy (non-hydrogen) atoms. The largest absolute Gasteiger partial charge is 0.329 e. The van der Waals surface area contributed by atoms with Crippen LogP contribution in [0.1, 0.15) is 65.7 Å². The van der Waals surface area contributed by atoms with Gasteiger partial charge in [0.2, 0.25) is 0 Å². The van der Waals surface area contributed by atoms with E-state index in [2.05, 4.69) is 25.7 Å². The van der Waals surface area contributed by atoms with Gasteiger partial charge in [-0.1, -0.05) is 32.6 Å². The first-order valence-electron chi connectivity index (χ1n) is 7.11. The van der Waals surface area contributed by atoms with Crippen molar-refractivity contribution in [3.05, 3.63) is 0 Å². The lowest BCUT2D eigenvalue weighted by Gasteiger charge is -2.41. The molecule has 0 saturated carbocycles. The Morgan fingerprint density at radius 2 is 2.06 bits per heavy atom. The summed E-state index contributed by atoms with van der Waals surface area (Å²) in [5, 5.41) is 0. The van der Waals surface area contributed by atoms with Crippen molar-refractivity contribution >= 4 is 0 Å². The van der Waals surface area contributed by atoms with E-state index in [1.54, 1.807) is 0 Å². The molecule has 1 fully saturated rings. The second kappa shape index (κ2) is 6.61. The monoisotopic (exact) mass is 226 g/mol. The van der Waals surface area contributed by atoms with E-state index in [1.807, 2.05) is 0 Å². The van der Waals surface area contributed by atoms with Gasteiger partial charge in [0.15, 0.2) is 0 Å². The summed E-state index contributed by atoms with van der Waals surface area (Å²) in [7, 11) is 0. The topological polar surface area (TPSA) is 29.3 Å². The highest BCUT2D eigenvalue weighted by Crippen LogP contribution is 2.30. The maximum atomic E-state index is 6.02. The van der Waals surface area contributed by atoms with Crippen molar-refractivity contribution in [2.75, 3.05) is 13.1 Å². The van der Waals surface area contributed by atoms with E-state index in [1.165, 1.54) is 51.5 Å². The molecule has 0 bridgehead atoms. The second-order valence-electron chi connectivity index (χ2n) is 5.70. The van der Waals surface area contributed by atoms with Gasteiger partial charge in [0, 0.05) is 18.1 Å². The van der Waals surface area contributed by atoms with Gasteiger partial charge < -0.3 is 5.73 Å². The summed E-state index contributed by atoms with van der Waals surface area (Å²) in [6, 6.07) is 0.736. The molecular formula is C14H30N2. The van der Waals surface area contributed by atoms with Crippen molar-refractivity contribution in [3.63, 3.8) is 0 Å². The molecule has 2 unspecified atom stereocenters. The molecule has 1 rings (SSSR count). The molecule has 0 amide bonds. The van der Waals surface area contributed by atoms with E-state index >= 15 is 0 Å². The average Bonchev–Trinajstić information content (AvgIpc) is 2.71. The minimum atomic E-state index is 0.254. The maximum Gasteiger partial charge on any atom is 0.0306 e. The number of nitrogens with two attached hydrogens (primary N) is 1. The van der Waals surface area contributed by atoms with Gasteiger partial charge in [0.05, 0.1) is 0 Å². The van der Waals surface area contributed by atoms with Gasteiger partial charge >= 0.3 is 0 Å². The van der Waals surface area contributed by atoms with Crippen molar-refractivity contribution in [1.82, 2.24) is 4.90 Å². The molecule has 1 aliphatic heterocycles. The van der Waals surface area contributed by atoms with E-state index < -0.39 is 0 Å². The number of nitrogens with zero attached hydrogens (tertiary/aromatic N) is 1. The molecule has 96 valence electrons. The second-order valence-corrected chi connectivity index (χ2v) is 5.70. The van der Waals surface area contributed by atoms with Crippen molar-refractivity contribution in [1.29, 1.82) is 0 Å². The van der Waals surface area contributed by atoms with Crippen LogP contribution in [0, 0.1) is 0 Å². The summed E-state index contributed by atoms with van der Waals surface area (Å²) in [4.78, 5) is 2.65. The third-order valence-electron chi connectivity index (χ3n) is 4.26. The minimum absolute atomic E-state index is 0.254. The fourth-order valence-electron chi connectivity index (χ4n) is 3.03. The van der Waals surface area contributed by atoms with E-state index in [0.717, 1.165) is 12.6 Å². The van der Waals surface area contributed by atoms with E-state index in [-0.39, 0.29) is 5.54 Å². The molecule has 0 radical (unpaired) electrons. The van der Waals surface area contributed by atoms with Crippen LogP contribution in [0.5, 0.6) is 0 Å². The minimum Gasteiger partial charge on any atom is -0.329 e. The Kier molecular flexibility index (Phi) is 5.77. The fraction of sp³-hybridized carbons (Fsp3) is 1.00. The third kappa shape index (κ3) is 3.46. The smallest absolute Gasteiger partial charge is 0.0306 e. The Labute approximate surface area is 102 Å². The molecule has 1 heterocycles. The molecule has 1 saturated heterocycles. The van der Waals surface area contributed by atoms with Crippen LogP contribution in [0.4, 0.5) is 0 Å². The van der Waals surface area contributed by atoms with E-state index in [4.69, 9.17) is 5.73 Å². The van der Waals surface area contributed by atoms with Crippen LogP contribution in [0.25, 0.3) is 0 Å². The van der Waals surface area contributed by atoms with E-state index in [0.29, 0.717) is 0 Å². The SMILES string of the molecule is CCCCCCC(C)(CN)N1CCCC1C. The number of hydrogen-bond donors (Lipinski definition) is 1. The molecule has 0 spiro atoms. The molecule has 2 heteroatoms. The van der Waals surface area contributed by atoms with Crippen molar-refractivity contribution < 1.29 is 0 Å². The highest BCUT2D eigenvalue weighted by Gasteiger charge is 2.35. The molecule has 2 nitrogen and oxygen atoms in total. The van der Waals surface area contributed by atoms with Crippen LogP contribution >= 0.6 is 0 Å². The highest BCUT2D eigenvalue weighted by molar-refractivity contribution is 4.93. The highest BCUT2D eigenvalue weighted by atomic mass is 15.2. The maximum absolute atomic E-state index is 6.02. The summed E-state index contributed by atoms with van der Waals surface area (Å²) in [6.07, 6.45) is 9.37. The van der Waals surface area contributed by atoms with Crippen LogP contribution in [0.15, 0.2) is 0 Å². The predicted octanol–water partition coefficient (Wildman–Crippen LogP) is 3.16. The zero-order chi connectivity index (χ0) is 12.0. The van der Waals surface area contributed by atoms with Gasteiger partial charge in [-0.2, -0.15) is 0 Å². The third-order valence-corrected chi connectivity index (χ3v) is 4.26. The average molecular weight is 226 g/mol. The summed E-state index contributed by atoms with van der Waals surface area (Å²) < 4.78 is 0. The van der Waals surface area contributed by atoms with Crippen LogP contribution in [0.3, 0.4) is 0 Å². The Morgan fingerprint density at radius 3 is 2.56 bits per heavy atom. The van der Waals surface area contributed by atoms with Crippen LogP contribution < -0.4 is 5.73 Å². The lowest BCUT2D eigenvalue weighted by molar-refractivity contribution is 0.0921. The van der Waals surface area contributed by atoms with Gasteiger partial charge in [0.1, 0.15) is 0 Å². The lowest BCUT2D eigenvalue weighted by atomic mass is 9.91. The van der Waals surface area contributed by atoms with Crippen molar-refractivity contribution in [2.45, 2.75) is 77.3 Å². The molecule has 2 atom stereocenters. The first-order valence-corrected chi connectivity index (χ1v) is 7.11. The summed E-state index contributed by atoms with van der Waals surface area (Å²) in [5.74, 6) is 0. The summed E-state index contributed by atoms with van der Waals surface area (Å²) in [6.45, 7) is 9.05. The number of likely N-dealkylation sites (tertiary alicyclic amines) is 1. The van der Waals surface area contributed by atoms with E-state index in [9.17, 15) is 0 Å². The van der Waals surface area contributed by atoms with Crippen molar-refractivity contribution in [2.24, 2.45) is 5.73 Å². The lowest BCUT2D eigenvalue weighted by Crippen LogP contribution is -2.52. The summed E-state index contributed by atoms with van der Waals surface area (Å²) >= 11 is 0. The zero-order valence-corrected chi connectivity index (χ0v) is 11.5. The fourth-order valence-corrected chi connectivity index (χ4v) is 3.03. The molecule has 0 aromatic rings. The molecule has 0 aliphatic carbocycles. The Morgan fingerprint density at radius 1 is 1.31 bits per heavy atom. The number of rotatable bonds is 7. The van der Waals surface area contributed by atoms with Crippen molar-refractivity contribution in [3.8, 4) is 0 Å². The predicted molar refractivity (Wildman–Crippen MR) is 71.6 cm³/mol. The first kappa shape index (κ1) is 14.0. The molecule has 0 aromatic heterocycles. The normalized spacial score (nSPS) is 25.9. The Balaban J connectivity index is 2.42. The zero-order valence-electron chi connectivity index (χ0n) is 11.5.